The third kappa shape index (κ3) is 2.94. The van der Waals surface area contributed by atoms with Crippen LogP contribution in [0.3, 0.4) is 0 Å². The van der Waals surface area contributed by atoms with Crippen LogP contribution in [0.1, 0.15) is 0 Å². The van der Waals surface area contributed by atoms with Crippen LogP contribution in [-0.2, 0) is 0 Å². The van der Waals surface area contributed by atoms with E-state index in [1.807, 2.05) is 37.4 Å². The van der Waals surface area contributed by atoms with Gasteiger partial charge in [0, 0.05) is 31.7 Å². The highest BCUT2D eigenvalue weighted by molar-refractivity contribution is 5.85. The second-order valence-electron chi connectivity index (χ2n) is 4.74. The van der Waals surface area contributed by atoms with Gasteiger partial charge in [0.15, 0.2) is 17.0 Å². The van der Waals surface area contributed by atoms with E-state index in [-0.39, 0.29) is 6.61 Å². The zero-order valence-corrected chi connectivity index (χ0v) is 12.1. The number of fused-ring (bicyclic) bond motifs is 1. The molecule has 0 aliphatic rings. The maximum absolute atomic E-state index is 9.07. The highest BCUT2D eigenvalue weighted by Gasteiger charge is 2.12. The van der Waals surface area contributed by atoms with E-state index in [0.29, 0.717) is 29.5 Å². The summed E-state index contributed by atoms with van der Waals surface area (Å²) in [6.07, 6.45) is 3.20. The molecule has 0 aliphatic carbocycles. The van der Waals surface area contributed by atoms with Crippen molar-refractivity contribution in [2.75, 3.05) is 30.4 Å². The number of likely N-dealkylation sites (N-methyl/N-ethyl adjacent to an activating group) is 1. The van der Waals surface area contributed by atoms with Crippen molar-refractivity contribution >= 4 is 28.6 Å². The van der Waals surface area contributed by atoms with Crippen LogP contribution < -0.4 is 10.2 Å². The van der Waals surface area contributed by atoms with Crippen LogP contribution in [0, 0.1) is 0 Å². The highest BCUT2D eigenvalue weighted by Crippen LogP contribution is 2.23. The Labute approximate surface area is 127 Å². The Morgan fingerprint density at radius 3 is 2.64 bits per heavy atom. The molecule has 0 atom stereocenters. The van der Waals surface area contributed by atoms with Gasteiger partial charge in [-0.25, -0.2) is 9.97 Å². The lowest BCUT2D eigenvalue weighted by molar-refractivity contribution is 0.303. The molecule has 2 aromatic heterocycles. The van der Waals surface area contributed by atoms with Crippen LogP contribution in [0.5, 0.6) is 0 Å². The smallest absolute Gasteiger partial charge is 0.229 e. The minimum atomic E-state index is 0.0276. The number of anilines is 3. The largest absolute Gasteiger partial charge is 0.395 e. The summed E-state index contributed by atoms with van der Waals surface area (Å²) in [4.78, 5) is 19.2. The molecule has 0 saturated heterocycles. The normalized spacial score (nSPS) is 10.6. The maximum Gasteiger partial charge on any atom is 0.229 e. The molecule has 0 unspecified atom stereocenters. The number of aliphatic hydroxyl groups excluding tert-OH is 1. The Morgan fingerprint density at radius 2 is 1.86 bits per heavy atom. The minimum absolute atomic E-state index is 0.0276. The predicted molar refractivity (Wildman–Crippen MR) is 85.2 cm³/mol. The first kappa shape index (κ1) is 14.2. The van der Waals surface area contributed by atoms with Crippen molar-refractivity contribution in [1.82, 2.24) is 19.9 Å². The van der Waals surface area contributed by atoms with Gasteiger partial charge in [-0.1, -0.05) is 18.2 Å². The molecule has 3 aromatic rings. The molecule has 0 radical (unpaired) electrons. The monoisotopic (exact) mass is 296 g/mol. The van der Waals surface area contributed by atoms with Gasteiger partial charge < -0.3 is 15.3 Å². The van der Waals surface area contributed by atoms with Crippen molar-refractivity contribution in [2.45, 2.75) is 0 Å². The molecule has 112 valence electrons. The molecule has 0 bridgehead atoms. The summed E-state index contributed by atoms with van der Waals surface area (Å²) in [6.45, 7) is 0.469. The van der Waals surface area contributed by atoms with Crippen LogP contribution in [0.4, 0.5) is 17.5 Å². The summed E-state index contributed by atoms with van der Waals surface area (Å²) in [5, 5.41) is 12.3. The Kier molecular flexibility index (Phi) is 4.06. The van der Waals surface area contributed by atoms with Gasteiger partial charge >= 0.3 is 0 Å². The molecule has 2 N–H and O–H groups in total. The fourth-order valence-electron chi connectivity index (χ4n) is 2.02. The molecule has 0 amide bonds. The first-order valence-electron chi connectivity index (χ1n) is 6.91. The van der Waals surface area contributed by atoms with E-state index in [1.54, 1.807) is 17.3 Å². The number of hydrogen-bond donors (Lipinski definition) is 2. The molecule has 0 saturated carbocycles. The molecule has 0 spiro atoms. The standard InChI is InChI=1S/C15H16N6O/c1-21(9-10-22)15-19-13-12(16-7-8-17-13)14(20-15)18-11-5-3-2-4-6-11/h2-8,22H,9-10H2,1H3,(H,17,18,19,20). The quantitative estimate of drug-likeness (QED) is 0.739. The summed E-state index contributed by atoms with van der Waals surface area (Å²) < 4.78 is 0. The van der Waals surface area contributed by atoms with Crippen molar-refractivity contribution in [3.05, 3.63) is 42.7 Å². The highest BCUT2D eigenvalue weighted by atomic mass is 16.3. The lowest BCUT2D eigenvalue weighted by Crippen LogP contribution is -2.23. The van der Waals surface area contributed by atoms with Crippen molar-refractivity contribution in [3.8, 4) is 0 Å². The molecule has 1 aromatic carbocycles. The fraction of sp³-hybridized carbons (Fsp3) is 0.200. The lowest BCUT2D eigenvalue weighted by atomic mass is 10.3. The zero-order chi connectivity index (χ0) is 15.4. The van der Waals surface area contributed by atoms with Crippen molar-refractivity contribution in [3.63, 3.8) is 0 Å². The van der Waals surface area contributed by atoms with E-state index in [4.69, 9.17) is 5.11 Å². The van der Waals surface area contributed by atoms with Gasteiger partial charge in [-0.05, 0) is 12.1 Å². The average molecular weight is 296 g/mol. The molecule has 7 nitrogen and oxygen atoms in total. The van der Waals surface area contributed by atoms with Gasteiger partial charge in [-0.15, -0.1) is 0 Å². The molecular formula is C15H16N6O. The first-order chi connectivity index (χ1) is 10.8. The number of nitrogens with one attached hydrogen (secondary N) is 1. The Bertz CT molecular complexity index is 764. The van der Waals surface area contributed by atoms with Crippen LogP contribution >= 0.6 is 0 Å². The summed E-state index contributed by atoms with van der Waals surface area (Å²) in [5.41, 5.74) is 2.02. The predicted octanol–water partition coefficient (Wildman–Crippen LogP) is 1.59. The van der Waals surface area contributed by atoms with Gasteiger partial charge in [-0.3, -0.25) is 0 Å². The van der Waals surface area contributed by atoms with Crippen LogP contribution in [-0.4, -0.2) is 45.2 Å². The molecular weight excluding hydrogens is 280 g/mol. The van der Waals surface area contributed by atoms with Gasteiger partial charge in [0.05, 0.1) is 6.61 Å². The molecule has 0 fully saturated rings. The number of hydrogen-bond acceptors (Lipinski definition) is 7. The Hall–Kier alpha value is -2.80. The van der Waals surface area contributed by atoms with Crippen molar-refractivity contribution < 1.29 is 5.11 Å². The summed E-state index contributed by atoms with van der Waals surface area (Å²) in [6, 6.07) is 9.72. The SMILES string of the molecule is CN(CCO)c1nc(Nc2ccccc2)c2nccnc2n1. The van der Waals surface area contributed by atoms with Gasteiger partial charge in [0.2, 0.25) is 5.95 Å². The number of benzene rings is 1. The summed E-state index contributed by atoms with van der Waals surface area (Å²) >= 11 is 0. The summed E-state index contributed by atoms with van der Waals surface area (Å²) in [7, 11) is 1.82. The maximum atomic E-state index is 9.07. The molecule has 7 heteroatoms. The van der Waals surface area contributed by atoms with Crippen molar-refractivity contribution in [2.24, 2.45) is 0 Å². The average Bonchev–Trinajstić information content (AvgIpc) is 2.56. The van der Waals surface area contributed by atoms with E-state index in [0.717, 1.165) is 5.69 Å². The molecule has 22 heavy (non-hydrogen) atoms. The van der Waals surface area contributed by atoms with E-state index in [2.05, 4.69) is 25.3 Å². The Balaban J connectivity index is 2.06. The Morgan fingerprint density at radius 1 is 1.09 bits per heavy atom. The van der Waals surface area contributed by atoms with E-state index < -0.39 is 0 Å². The van der Waals surface area contributed by atoms with Crippen LogP contribution in [0.25, 0.3) is 11.2 Å². The van der Waals surface area contributed by atoms with Gasteiger partial charge in [-0.2, -0.15) is 9.97 Å². The first-order valence-corrected chi connectivity index (χ1v) is 6.91. The van der Waals surface area contributed by atoms with E-state index in [1.165, 1.54) is 0 Å². The molecule has 2 heterocycles. The third-order valence-corrected chi connectivity index (χ3v) is 3.13. The lowest BCUT2D eigenvalue weighted by Gasteiger charge is -2.17. The molecule has 0 aliphatic heterocycles. The minimum Gasteiger partial charge on any atom is -0.395 e. The number of aromatic nitrogens is 4. The summed E-state index contributed by atoms with van der Waals surface area (Å²) in [5.74, 6) is 1.07. The van der Waals surface area contributed by atoms with E-state index in [9.17, 15) is 0 Å². The van der Waals surface area contributed by atoms with Crippen LogP contribution in [0.2, 0.25) is 0 Å². The second kappa shape index (κ2) is 6.31. The third-order valence-electron chi connectivity index (χ3n) is 3.13. The zero-order valence-electron chi connectivity index (χ0n) is 12.1. The molecule has 3 rings (SSSR count). The number of rotatable bonds is 5. The fourth-order valence-corrected chi connectivity index (χ4v) is 2.02. The van der Waals surface area contributed by atoms with E-state index >= 15 is 0 Å². The van der Waals surface area contributed by atoms with Gasteiger partial charge in [0.1, 0.15) is 0 Å². The van der Waals surface area contributed by atoms with Crippen LogP contribution in [0.15, 0.2) is 42.7 Å². The van der Waals surface area contributed by atoms with Crippen molar-refractivity contribution in [1.29, 1.82) is 0 Å². The topological polar surface area (TPSA) is 87.1 Å². The number of aliphatic hydroxyl groups is 1. The number of para-hydroxylation sites is 1. The second-order valence-corrected chi connectivity index (χ2v) is 4.74. The number of nitrogens with zero attached hydrogens (tertiary/aromatic N) is 5. The van der Waals surface area contributed by atoms with Gasteiger partial charge in [0.25, 0.3) is 0 Å².